The summed E-state index contributed by atoms with van der Waals surface area (Å²) in [7, 11) is -3.77. The second-order valence-corrected chi connectivity index (χ2v) is 8.48. The SMILES string of the molecule is O=C(c1ccc(F)c(F)c1F)N1CCC(c2ccccc2F)S(=O)(=O)CC1. The summed E-state index contributed by atoms with van der Waals surface area (Å²) >= 11 is 0. The van der Waals surface area contributed by atoms with Gasteiger partial charge < -0.3 is 4.90 Å². The van der Waals surface area contributed by atoms with E-state index in [1.807, 2.05) is 0 Å². The van der Waals surface area contributed by atoms with E-state index in [0.717, 1.165) is 17.0 Å². The van der Waals surface area contributed by atoms with Crippen LogP contribution < -0.4 is 0 Å². The normalized spacial score (nSPS) is 19.6. The van der Waals surface area contributed by atoms with Crippen molar-refractivity contribution < 1.29 is 30.8 Å². The lowest BCUT2D eigenvalue weighted by Crippen LogP contribution is -2.34. The first-order valence-electron chi connectivity index (χ1n) is 8.11. The maximum absolute atomic E-state index is 14.0. The Morgan fingerprint density at radius 3 is 2.33 bits per heavy atom. The molecule has 1 amide bonds. The van der Waals surface area contributed by atoms with Crippen LogP contribution in [0.15, 0.2) is 36.4 Å². The Hall–Kier alpha value is -2.42. The van der Waals surface area contributed by atoms with Gasteiger partial charge in [-0.15, -0.1) is 0 Å². The summed E-state index contributed by atoms with van der Waals surface area (Å²) in [5.74, 6) is -6.90. The van der Waals surface area contributed by atoms with Gasteiger partial charge >= 0.3 is 0 Å². The van der Waals surface area contributed by atoms with Gasteiger partial charge in [0.05, 0.1) is 16.6 Å². The highest BCUT2D eigenvalue weighted by molar-refractivity contribution is 7.91. The van der Waals surface area contributed by atoms with Gasteiger partial charge in [0.1, 0.15) is 5.82 Å². The predicted octanol–water partition coefficient (Wildman–Crippen LogP) is 3.25. The Morgan fingerprint density at radius 2 is 1.63 bits per heavy atom. The fourth-order valence-electron chi connectivity index (χ4n) is 3.09. The first-order valence-corrected chi connectivity index (χ1v) is 9.82. The molecule has 0 N–H and O–H groups in total. The molecule has 9 heteroatoms. The average molecular weight is 401 g/mol. The number of rotatable bonds is 2. The molecule has 4 nitrogen and oxygen atoms in total. The van der Waals surface area contributed by atoms with Gasteiger partial charge in [0, 0.05) is 18.7 Å². The molecule has 2 aromatic carbocycles. The molecule has 1 atom stereocenters. The van der Waals surface area contributed by atoms with E-state index in [-0.39, 0.29) is 25.1 Å². The molecular formula is C18H15F4NO3S. The van der Waals surface area contributed by atoms with Crippen molar-refractivity contribution in [3.8, 4) is 0 Å². The number of halogens is 4. The Kier molecular flexibility index (Phi) is 5.23. The van der Waals surface area contributed by atoms with Crippen molar-refractivity contribution in [3.63, 3.8) is 0 Å². The van der Waals surface area contributed by atoms with E-state index in [2.05, 4.69) is 0 Å². The van der Waals surface area contributed by atoms with Crippen molar-refractivity contribution in [2.75, 3.05) is 18.8 Å². The zero-order valence-electron chi connectivity index (χ0n) is 14.0. The van der Waals surface area contributed by atoms with Crippen LogP contribution in [0.1, 0.15) is 27.6 Å². The van der Waals surface area contributed by atoms with Crippen molar-refractivity contribution >= 4 is 15.7 Å². The molecule has 1 heterocycles. The number of sulfone groups is 1. The van der Waals surface area contributed by atoms with Gasteiger partial charge in [-0.1, -0.05) is 18.2 Å². The van der Waals surface area contributed by atoms with Crippen LogP contribution in [-0.2, 0) is 9.84 Å². The molecule has 0 aliphatic carbocycles. The van der Waals surface area contributed by atoms with Crippen LogP contribution >= 0.6 is 0 Å². The van der Waals surface area contributed by atoms with Crippen LogP contribution in [0.4, 0.5) is 17.6 Å². The quantitative estimate of drug-likeness (QED) is 0.574. The molecule has 0 aromatic heterocycles. The number of carbonyl (C=O) groups excluding carboxylic acids is 1. The maximum Gasteiger partial charge on any atom is 0.256 e. The van der Waals surface area contributed by atoms with Crippen LogP contribution in [0, 0.1) is 23.3 Å². The van der Waals surface area contributed by atoms with E-state index < -0.39 is 55.6 Å². The highest BCUT2D eigenvalue weighted by Crippen LogP contribution is 2.31. The van der Waals surface area contributed by atoms with E-state index in [1.165, 1.54) is 18.2 Å². The molecule has 1 aliphatic rings. The minimum absolute atomic E-state index is 0.00538. The third kappa shape index (κ3) is 3.69. The van der Waals surface area contributed by atoms with E-state index in [0.29, 0.717) is 6.07 Å². The molecule has 1 unspecified atom stereocenters. The number of benzene rings is 2. The average Bonchev–Trinajstić information content (AvgIpc) is 2.78. The van der Waals surface area contributed by atoms with E-state index >= 15 is 0 Å². The number of hydrogen-bond acceptors (Lipinski definition) is 3. The molecular weight excluding hydrogens is 386 g/mol. The molecule has 0 bridgehead atoms. The second kappa shape index (κ2) is 7.30. The fraction of sp³-hybridized carbons (Fsp3) is 0.278. The van der Waals surface area contributed by atoms with Crippen molar-refractivity contribution in [1.29, 1.82) is 0 Å². The number of amides is 1. The van der Waals surface area contributed by atoms with Crippen LogP contribution in [0.25, 0.3) is 0 Å². The molecule has 1 saturated heterocycles. The summed E-state index contributed by atoms with van der Waals surface area (Å²) in [6.07, 6.45) is -0.0969. The van der Waals surface area contributed by atoms with Crippen LogP contribution in [0.2, 0.25) is 0 Å². The van der Waals surface area contributed by atoms with Gasteiger partial charge in [0.25, 0.3) is 5.91 Å². The Labute approximate surface area is 153 Å². The molecule has 144 valence electrons. The second-order valence-electron chi connectivity index (χ2n) is 6.18. The molecule has 27 heavy (non-hydrogen) atoms. The Morgan fingerprint density at radius 1 is 0.926 bits per heavy atom. The fourth-order valence-corrected chi connectivity index (χ4v) is 4.90. The number of nitrogens with zero attached hydrogens (tertiary/aromatic N) is 1. The van der Waals surface area contributed by atoms with Crippen molar-refractivity contribution in [2.24, 2.45) is 0 Å². The molecule has 1 fully saturated rings. The van der Waals surface area contributed by atoms with Crippen molar-refractivity contribution in [1.82, 2.24) is 4.90 Å². The first kappa shape index (κ1) is 19.3. The number of hydrogen-bond donors (Lipinski definition) is 0. The summed E-state index contributed by atoms with van der Waals surface area (Å²) in [6, 6.07) is 6.90. The zero-order valence-corrected chi connectivity index (χ0v) is 14.8. The van der Waals surface area contributed by atoms with Gasteiger partial charge in [-0.05, 0) is 24.6 Å². The van der Waals surface area contributed by atoms with Gasteiger partial charge in [-0.25, -0.2) is 26.0 Å². The lowest BCUT2D eigenvalue weighted by molar-refractivity contribution is 0.0760. The van der Waals surface area contributed by atoms with Gasteiger partial charge in [0.15, 0.2) is 27.3 Å². The summed E-state index contributed by atoms with van der Waals surface area (Å²) in [5.41, 5.74) is -0.679. The number of carbonyl (C=O) groups is 1. The lowest BCUT2D eigenvalue weighted by atomic mass is 10.1. The largest absolute Gasteiger partial charge is 0.337 e. The van der Waals surface area contributed by atoms with E-state index in [4.69, 9.17) is 0 Å². The van der Waals surface area contributed by atoms with Crippen molar-refractivity contribution in [2.45, 2.75) is 11.7 Å². The van der Waals surface area contributed by atoms with E-state index in [9.17, 15) is 30.8 Å². The maximum atomic E-state index is 14.0. The Bertz CT molecular complexity index is 994. The molecule has 1 aliphatic heterocycles. The minimum Gasteiger partial charge on any atom is -0.337 e. The molecule has 0 saturated carbocycles. The molecule has 3 rings (SSSR count). The van der Waals surface area contributed by atoms with Crippen LogP contribution in [0.3, 0.4) is 0 Å². The monoisotopic (exact) mass is 401 g/mol. The minimum atomic E-state index is -3.77. The van der Waals surface area contributed by atoms with Gasteiger partial charge in [-0.2, -0.15) is 0 Å². The summed E-state index contributed by atoms with van der Waals surface area (Å²) < 4.78 is 79.4. The lowest BCUT2D eigenvalue weighted by Gasteiger charge is -2.20. The zero-order chi connectivity index (χ0) is 19.8. The smallest absolute Gasteiger partial charge is 0.256 e. The van der Waals surface area contributed by atoms with Gasteiger partial charge in [-0.3, -0.25) is 4.79 Å². The molecule has 0 radical (unpaired) electrons. The standard InChI is InChI=1S/C18H15F4NO3S/c19-13-4-2-1-3-11(13)15-7-8-23(9-10-27(15,25)26)18(24)12-5-6-14(20)17(22)16(12)21/h1-6,15H,7-10H2. The first-order chi connectivity index (χ1) is 12.7. The summed E-state index contributed by atoms with van der Waals surface area (Å²) in [4.78, 5) is 13.5. The Balaban J connectivity index is 1.89. The summed E-state index contributed by atoms with van der Waals surface area (Å²) in [6.45, 7) is -0.361. The third-order valence-corrected chi connectivity index (χ3v) is 6.65. The highest BCUT2D eigenvalue weighted by Gasteiger charge is 2.35. The predicted molar refractivity (Wildman–Crippen MR) is 89.8 cm³/mol. The summed E-state index contributed by atoms with van der Waals surface area (Å²) in [5, 5.41) is -1.15. The van der Waals surface area contributed by atoms with Gasteiger partial charge in [0.2, 0.25) is 0 Å². The molecule has 0 spiro atoms. The van der Waals surface area contributed by atoms with E-state index in [1.54, 1.807) is 0 Å². The van der Waals surface area contributed by atoms with Crippen LogP contribution in [0.5, 0.6) is 0 Å². The third-order valence-electron chi connectivity index (χ3n) is 4.55. The highest BCUT2D eigenvalue weighted by atomic mass is 32.2. The van der Waals surface area contributed by atoms with Crippen LogP contribution in [-0.4, -0.2) is 38.1 Å². The topological polar surface area (TPSA) is 54.5 Å². The molecule has 2 aromatic rings. The van der Waals surface area contributed by atoms with Crippen molar-refractivity contribution in [3.05, 3.63) is 70.8 Å².